The van der Waals surface area contributed by atoms with Crippen LogP contribution >= 0.6 is 0 Å². The number of rotatable bonds is 3. The smallest absolute Gasteiger partial charge is 0.310 e. The number of nitriles is 1. The molecule has 1 aliphatic heterocycles. The Bertz CT molecular complexity index is 558. The van der Waals surface area contributed by atoms with Crippen molar-refractivity contribution in [1.82, 2.24) is 0 Å². The van der Waals surface area contributed by atoms with Gasteiger partial charge >= 0.3 is 5.97 Å². The Morgan fingerprint density at radius 1 is 1.56 bits per heavy atom. The third kappa shape index (κ3) is 1.96. The average molecular weight is 247 g/mol. The number of nitrogens with zero attached hydrogens (tertiary/aromatic N) is 3. The van der Waals surface area contributed by atoms with E-state index in [4.69, 9.17) is 10.4 Å². The highest BCUT2D eigenvalue weighted by atomic mass is 16.6. The molecule has 1 saturated heterocycles. The topological polar surface area (TPSA) is 107 Å². The quantitative estimate of drug-likeness (QED) is 0.630. The summed E-state index contributed by atoms with van der Waals surface area (Å²) in [5.41, 5.74) is 0.311. The molecule has 92 valence electrons. The van der Waals surface area contributed by atoms with Crippen LogP contribution in [-0.2, 0) is 4.79 Å². The van der Waals surface area contributed by atoms with Crippen molar-refractivity contribution in [1.29, 1.82) is 5.26 Å². The Hall–Kier alpha value is -2.62. The fourth-order valence-electron chi connectivity index (χ4n) is 1.81. The number of carboxylic acids is 1. The number of hydrogen-bond acceptors (Lipinski definition) is 5. The molecule has 0 unspecified atom stereocenters. The summed E-state index contributed by atoms with van der Waals surface area (Å²) in [5.74, 6) is -1.30. The Morgan fingerprint density at radius 2 is 2.22 bits per heavy atom. The molecular formula is C11H9N3O4. The summed E-state index contributed by atoms with van der Waals surface area (Å²) < 4.78 is 0. The minimum absolute atomic E-state index is 0.000872. The van der Waals surface area contributed by atoms with E-state index in [-0.39, 0.29) is 11.3 Å². The highest BCUT2D eigenvalue weighted by Crippen LogP contribution is 2.29. The van der Waals surface area contributed by atoms with Crippen LogP contribution in [0.5, 0.6) is 0 Å². The van der Waals surface area contributed by atoms with E-state index in [0.29, 0.717) is 18.8 Å². The molecule has 0 spiro atoms. The molecule has 1 fully saturated rings. The van der Waals surface area contributed by atoms with E-state index in [0.717, 1.165) is 0 Å². The van der Waals surface area contributed by atoms with E-state index in [1.54, 1.807) is 17.0 Å². The first-order valence-electron chi connectivity index (χ1n) is 5.19. The van der Waals surface area contributed by atoms with Gasteiger partial charge in [-0.3, -0.25) is 14.9 Å². The minimum atomic E-state index is -0.866. The molecule has 0 bridgehead atoms. The summed E-state index contributed by atoms with van der Waals surface area (Å²) in [6.07, 6.45) is 0. The van der Waals surface area contributed by atoms with E-state index >= 15 is 0 Å². The molecule has 1 N–H and O–H groups in total. The summed E-state index contributed by atoms with van der Waals surface area (Å²) in [7, 11) is 0. The normalized spacial score (nSPS) is 14.7. The molecule has 0 atom stereocenters. The molecule has 7 nitrogen and oxygen atoms in total. The molecule has 0 radical (unpaired) electrons. The van der Waals surface area contributed by atoms with E-state index < -0.39 is 16.8 Å². The van der Waals surface area contributed by atoms with Gasteiger partial charge in [0.2, 0.25) is 0 Å². The van der Waals surface area contributed by atoms with Crippen LogP contribution in [0.25, 0.3) is 0 Å². The highest BCUT2D eigenvalue weighted by molar-refractivity contribution is 5.75. The number of nitro groups is 1. The number of carbonyl (C=O) groups is 1. The molecule has 2 rings (SSSR count). The van der Waals surface area contributed by atoms with Crippen molar-refractivity contribution in [2.75, 3.05) is 18.0 Å². The molecule has 0 aromatic heterocycles. The first-order chi connectivity index (χ1) is 8.52. The lowest BCUT2D eigenvalue weighted by molar-refractivity contribution is -0.385. The molecule has 1 aliphatic rings. The van der Waals surface area contributed by atoms with E-state index in [9.17, 15) is 14.9 Å². The predicted molar refractivity (Wildman–Crippen MR) is 61.2 cm³/mol. The fourth-order valence-corrected chi connectivity index (χ4v) is 1.81. The first kappa shape index (κ1) is 11.9. The van der Waals surface area contributed by atoms with Gasteiger partial charge in [0.25, 0.3) is 5.69 Å². The van der Waals surface area contributed by atoms with Gasteiger partial charge in [0.15, 0.2) is 0 Å². The number of aliphatic carboxylic acids is 1. The predicted octanol–water partition coefficient (Wildman–Crippen LogP) is 0.987. The van der Waals surface area contributed by atoms with Crippen LogP contribution in [-0.4, -0.2) is 29.1 Å². The summed E-state index contributed by atoms with van der Waals surface area (Å²) >= 11 is 0. The Morgan fingerprint density at radius 3 is 2.72 bits per heavy atom. The number of anilines is 1. The lowest BCUT2D eigenvalue weighted by Crippen LogP contribution is -2.50. The SMILES string of the molecule is N#Cc1ccc(N2CC(C(=O)O)C2)cc1[N+](=O)[O-]. The maximum absolute atomic E-state index is 10.8. The summed E-state index contributed by atoms with van der Waals surface area (Å²) in [5, 5.41) is 28.3. The van der Waals surface area contributed by atoms with Gasteiger partial charge in [-0.05, 0) is 12.1 Å². The molecule has 7 heteroatoms. The van der Waals surface area contributed by atoms with Crippen LogP contribution in [0.15, 0.2) is 18.2 Å². The van der Waals surface area contributed by atoms with Gasteiger partial charge in [-0.2, -0.15) is 5.26 Å². The van der Waals surface area contributed by atoms with Gasteiger partial charge in [-0.1, -0.05) is 0 Å². The van der Waals surface area contributed by atoms with Crippen LogP contribution in [0.4, 0.5) is 11.4 Å². The first-order valence-corrected chi connectivity index (χ1v) is 5.19. The van der Waals surface area contributed by atoms with Gasteiger partial charge < -0.3 is 10.0 Å². The lowest BCUT2D eigenvalue weighted by Gasteiger charge is -2.38. The monoisotopic (exact) mass is 247 g/mol. The van der Waals surface area contributed by atoms with Gasteiger partial charge in [-0.15, -0.1) is 0 Å². The Labute approximate surface area is 102 Å². The third-order valence-corrected chi connectivity index (χ3v) is 2.89. The number of hydrogen-bond donors (Lipinski definition) is 1. The number of carboxylic acid groups (broad SMARTS) is 1. The largest absolute Gasteiger partial charge is 0.481 e. The maximum Gasteiger partial charge on any atom is 0.310 e. The van der Waals surface area contributed by atoms with E-state index in [1.165, 1.54) is 12.1 Å². The van der Waals surface area contributed by atoms with Crippen LogP contribution < -0.4 is 4.90 Å². The second kappa shape index (κ2) is 4.33. The van der Waals surface area contributed by atoms with Gasteiger partial charge in [0.05, 0.1) is 10.8 Å². The lowest BCUT2D eigenvalue weighted by atomic mass is 9.99. The van der Waals surface area contributed by atoms with Crippen molar-refractivity contribution >= 4 is 17.3 Å². The molecule has 0 amide bonds. The van der Waals surface area contributed by atoms with Crippen LogP contribution in [0.1, 0.15) is 5.56 Å². The number of benzene rings is 1. The van der Waals surface area contributed by atoms with Crippen molar-refractivity contribution in [3.05, 3.63) is 33.9 Å². The zero-order valence-corrected chi connectivity index (χ0v) is 9.24. The van der Waals surface area contributed by atoms with E-state index in [1.807, 2.05) is 0 Å². The third-order valence-electron chi connectivity index (χ3n) is 2.89. The van der Waals surface area contributed by atoms with Crippen molar-refractivity contribution < 1.29 is 14.8 Å². The summed E-state index contributed by atoms with van der Waals surface area (Å²) in [6, 6.07) is 6.02. The summed E-state index contributed by atoms with van der Waals surface area (Å²) in [4.78, 5) is 22.5. The average Bonchev–Trinajstić information content (AvgIpc) is 2.26. The molecule has 0 aliphatic carbocycles. The van der Waals surface area contributed by atoms with Crippen molar-refractivity contribution in [2.24, 2.45) is 5.92 Å². The Kier molecular flexibility index (Phi) is 2.85. The maximum atomic E-state index is 10.8. The Balaban J connectivity index is 2.22. The zero-order valence-electron chi connectivity index (χ0n) is 9.24. The van der Waals surface area contributed by atoms with Crippen LogP contribution in [0.2, 0.25) is 0 Å². The van der Waals surface area contributed by atoms with Crippen LogP contribution in [0, 0.1) is 27.4 Å². The van der Waals surface area contributed by atoms with Crippen molar-refractivity contribution in [2.45, 2.75) is 0 Å². The fraction of sp³-hybridized carbons (Fsp3) is 0.273. The highest BCUT2D eigenvalue weighted by Gasteiger charge is 2.33. The van der Waals surface area contributed by atoms with Gasteiger partial charge in [0.1, 0.15) is 11.6 Å². The van der Waals surface area contributed by atoms with Gasteiger partial charge in [-0.25, -0.2) is 0 Å². The van der Waals surface area contributed by atoms with Gasteiger partial charge in [0, 0.05) is 24.8 Å². The molecular weight excluding hydrogens is 238 g/mol. The summed E-state index contributed by atoms with van der Waals surface area (Å²) in [6.45, 7) is 0.663. The van der Waals surface area contributed by atoms with E-state index in [2.05, 4.69) is 0 Å². The standard InChI is InChI=1S/C11H9N3O4/c12-4-7-1-2-9(3-10(7)14(17)18)13-5-8(6-13)11(15)16/h1-3,8H,5-6H2,(H,15,16). The minimum Gasteiger partial charge on any atom is -0.481 e. The zero-order chi connectivity index (χ0) is 13.3. The van der Waals surface area contributed by atoms with Crippen molar-refractivity contribution in [3.63, 3.8) is 0 Å². The molecule has 18 heavy (non-hydrogen) atoms. The second-order valence-electron chi connectivity index (χ2n) is 4.01. The second-order valence-corrected chi connectivity index (χ2v) is 4.01. The van der Waals surface area contributed by atoms with Crippen LogP contribution in [0.3, 0.4) is 0 Å². The molecule has 1 aromatic rings. The molecule has 0 saturated carbocycles. The molecule has 1 heterocycles. The number of nitro benzene ring substituents is 1. The molecule has 1 aromatic carbocycles. The van der Waals surface area contributed by atoms with Crippen molar-refractivity contribution in [3.8, 4) is 6.07 Å².